The second-order valence-corrected chi connectivity index (χ2v) is 17.2. The van der Waals surface area contributed by atoms with Gasteiger partial charge in [-0.15, -0.1) is 0 Å². The van der Waals surface area contributed by atoms with Gasteiger partial charge >= 0.3 is 0 Å². The van der Waals surface area contributed by atoms with Gasteiger partial charge in [-0.3, -0.25) is 4.79 Å². The molecule has 0 unspecified atom stereocenters. The molecule has 12 heteroatoms. The molecule has 2 aromatic carbocycles. The summed E-state index contributed by atoms with van der Waals surface area (Å²) in [4.78, 5) is 27.0. The van der Waals surface area contributed by atoms with Crippen molar-refractivity contribution in [3.8, 4) is 5.75 Å². The predicted molar refractivity (Wildman–Crippen MR) is 196 cm³/mol. The maximum Gasteiger partial charge on any atom is 0.264 e. The summed E-state index contributed by atoms with van der Waals surface area (Å²) in [6.45, 7) is 9.44. The van der Waals surface area contributed by atoms with Crippen LogP contribution in [0.25, 0.3) is 0 Å². The third-order valence-electron chi connectivity index (χ3n) is 11.8. The molecule has 2 bridgehead atoms. The van der Waals surface area contributed by atoms with Gasteiger partial charge in [0, 0.05) is 56.1 Å². The number of halogens is 1. The van der Waals surface area contributed by atoms with Crippen molar-refractivity contribution in [2.75, 3.05) is 51.2 Å². The van der Waals surface area contributed by atoms with Crippen LogP contribution in [-0.4, -0.2) is 81.9 Å². The van der Waals surface area contributed by atoms with Gasteiger partial charge in [-0.25, -0.2) is 13.1 Å². The average molecular weight is 724 g/mol. The zero-order chi connectivity index (χ0) is 35.0. The Kier molecular flexibility index (Phi) is 10.1. The van der Waals surface area contributed by atoms with Crippen molar-refractivity contribution in [1.29, 1.82) is 0 Å². The molecule has 4 heterocycles. The fourth-order valence-corrected chi connectivity index (χ4v) is 9.40. The molecule has 1 amide bonds. The second kappa shape index (κ2) is 14.4. The number of oxime groups is 1. The van der Waals surface area contributed by atoms with Gasteiger partial charge < -0.3 is 24.3 Å². The van der Waals surface area contributed by atoms with Crippen molar-refractivity contribution in [2.45, 2.75) is 75.9 Å². The maximum atomic E-state index is 13.7. The van der Waals surface area contributed by atoms with Crippen LogP contribution in [0.5, 0.6) is 5.75 Å². The Morgan fingerprint density at radius 1 is 0.980 bits per heavy atom. The molecule has 1 spiro atoms. The molecule has 5 aliphatic rings. The molecule has 0 radical (unpaired) electrons. The monoisotopic (exact) mass is 723 g/mol. The van der Waals surface area contributed by atoms with Crippen molar-refractivity contribution >= 4 is 39.1 Å². The van der Waals surface area contributed by atoms with Gasteiger partial charge in [0.15, 0.2) is 5.60 Å². The average Bonchev–Trinajstić information content (AvgIpc) is 3.49. The van der Waals surface area contributed by atoms with Crippen LogP contribution >= 0.6 is 11.6 Å². The number of carbonyl (C=O) groups is 1. The lowest BCUT2D eigenvalue weighted by molar-refractivity contribution is -0.124. The molecular weight excluding hydrogens is 674 g/mol. The standard InChI is InChI=1S/C38H50ClN5O5S/c1-26-7-6-15-38(23-36(40-49-38)43-19-17-42(3)18-20-43)33-13-10-29(33)24-44-16-5-4-8-28-21-31(39)11-9-30(28)25-48-35-14-12-32(22-34(35)44)50(46,47)41-37(45)27(26)2/h6,9,11-12,14-15,21-22,26-27,29,33H,4-5,7-8,10,13,16-20,23-25H2,1-3H3,(H,41,45)/b15-6+/t26-,27+,29-,33+,38+/m0/s1. The van der Waals surface area contributed by atoms with Crippen LogP contribution in [0.1, 0.15) is 63.5 Å². The van der Waals surface area contributed by atoms with Gasteiger partial charge in [0.2, 0.25) is 5.91 Å². The third kappa shape index (κ3) is 7.23. The number of ether oxygens (including phenoxy) is 1. The zero-order valence-electron chi connectivity index (χ0n) is 29.4. The number of nitrogens with zero attached hydrogens (tertiary/aromatic N) is 4. The summed E-state index contributed by atoms with van der Waals surface area (Å²) >= 11 is 6.38. The number of likely N-dealkylation sites (N-methyl/N-ethyl adjacent to an activating group) is 1. The van der Waals surface area contributed by atoms with E-state index in [-0.39, 0.29) is 16.7 Å². The predicted octanol–water partition coefficient (Wildman–Crippen LogP) is 5.84. The first-order chi connectivity index (χ1) is 24.0. The van der Waals surface area contributed by atoms with Gasteiger partial charge in [-0.1, -0.05) is 42.7 Å². The van der Waals surface area contributed by atoms with E-state index >= 15 is 0 Å². The molecule has 4 aliphatic heterocycles. The first-order valence-electron chi connectivity index (χ1n) is 18.2. The van der Waals surface area contributed by atoms with Crippen molar-refractivity contribution in [1.82, 2.24) is 14.5 Å². The minimum atomic E-state index is -4.12. The quantitative estimate of drug-likeness (QED) is 0.338. The van der Waals surface area contributed by atoms with E-state index in [4.69, 9.17) is 26.3 Å². The van der Waals surface area contributed by atoms with Crippen molar-refractivity contribution < 1.29 is 22.8 Å². The number of rotatable bonds is 0. The molecule has 10 nitrogen and oxygen atoms in total. The lowest BCUT2D eigenvalue weighted by Crippen LogP contribution is -2.52. The maximum absolute atomic E-state index is 13.7. The number of amides is 1. The summed E-state index contributed by atoms with van der Waals surface area (Å²) in [6, 6.07) is 10.9. The van der Waals surface area contributed by atoms with E-state index in [1.165, 1.54) is 5.56 Å². The molecule has 5 atom stereocenters. The Hall–Kier alpha value is -3.28. The summed E-state index contributed by atoms with van der Waals surface area (Å²) in [5.41, 5.74) is 2.40. The number of hydrogen-bond acceptors (Lipinski definition) is 9. The van der Waals surface area contributed by atoms with E-state index in [2.05, 4.69) is 38.6 Å². The molecule has 2 fully saturated rings. The number of hydrogen-bond donors (Lipinski definition) is 1. The lowest BCUT2D eigenvalue weighted by Gasteiger charge is -2.47. The first-order valence-corrected chi connectivity index (χ1v) is 20.1. The summed E-state index contributed by atoms with van der Waals surface area (Å²) in [5.74, 6) is 1.06. The molecular formula is C38H50ClN5O5S. The Morgan fingerprint density at radius 3 is 2.58 bits per heavy atom. The number of amidine groups is 1. The number of fused-ring (bicyclic) bond motifs is 4. The van der Waals surface area contributed by atoms with Crippen LogP contribution in [0.3, 0.4) is 0 Å². The fraction of sp³-hybridized carbons (Fsp3) is 0.579. The van der Waals surface area contributed by atoms with E-state index in [1.54, 1.807) is 25.1 Å². The van der Waals surface area contributed by atoms with Crippen molar-refractivity contribution in [2.24, 2.45) is 28.8 Å². The second-order valence-electron chi connectivity index (χ2n) is 15.1. The number of sulfonamides is 1. The molecule has 50 heavy (non-hydrogen) atoms. The highest BCUT2D eigenvalue weighted by Gasteiger charge is 2.52. The molecule has 1 aliphatic carbocycles. The molecule has 1 saturated heterocycles. The van der Waals surface area contributed by atoms with Crippen LogP contribution in [-0.2, 0) is 32.7 Å². The SMILES string of the molecule is C[C@H]1C/C=C/[C@@]2(CC(N3CCN(C)CC3)=NO2)[C@@H]2CC[C@H]2CN2CCCCc3cc(Cl)ccc3COc3ccc(cc32)S(=O)(=O)NC(=O)[C@@H]1C. The number of piperazine rings is 1. The van der Waals surface area contributed by atoms with E-state index in [0.29, 0.717) is 29.7 Å². The summed E-state index contributed by atoms with van der Waals surface area (Å²) in [6.07, 6.45) is 10.5. The number of allylic oxidation sites excluding steroid dienone is 1. The van der Waals surface area contributed by atoms with E-state index in [0.717, 1.165) is 94.9 Å². The Morgan fingerprint density at radius 2 is 1.80 bits per heavy atom. The smallest absolute Gasteiger partial charge is 0.264 e. The highest BCUT2D eigenvalue weighted by molar-refractivity contribution is 7.90. The first kappa shape index (κ1) is 35.1. The van der Waals surface area contributed by atoms with Crippen LogP contribution in [0, 0.1) is 23.7 Å². The summed E-state index contributed by atoms with van der Waals surface area (Å²) in [7, 11) is -1.96. The van der Waals surface area contributed by atoms with Crippen LogP contribution < -0.4 is 14.4 Å². The Balaban J connectivity index is 1.25. The molecule has 0 aromatic heterocycles. The lowest BCUT2D eigenvalue weighted by atomic mass is 9.63. The zero-order valence-corrected chi connectivity index (χ0v) is 31.0. The molecule has 270 valence electrons. The van der Waals surface area contributed by atoms with E-state index in [1.807, 2.05) is 25.1 Å². The Bertz CT molecular complexity index is 1760. The van der Waals surface area contributed by atoms with Crippen molar-refractivity contribution in [3.05, 3.63) is 64.7 Å². The summed E-state index contributed by atoms with van der Waals surface area (Å²) in [5, 5.41) is 5.45. The van der Waals surface area contributed by atoms with Gasteiger partial charge in [0.1, 0.15) is 18.2 Å². The van der Waals surface area contributed by atoms with Crippen LogP contribution in [0.15, 0.2) is 58.6 Å². The van der Waals surface area contributed by atoms with E-state index in [9.17, 15) is 13.2 Å². The van der Waals surface area contributed by atoms with Gasteiger partial charge in [0.25, 0.3) is 10.0 Å². The Labute approximate surface area is 301 Å². The fourth-order valence-electron chi connectivity index (χ4n) is 8.12. The van der Waals surface area contributed by atoms with Gasteiger partial charge in [-0.05, 0) is 105 Å². The highest BCUT2D eigenvalue weighted by Crippen LogP contribution is 2.50. The third-order valence-corrected chi connectivity index (χ3v) is 13.4. The minimum absolute atomic E-state index is 0.0538. The number of carbonyl (C=O) groups excluding carboxylic acids is 1. The molecule has 1 N–H and O–H groups in total. The normalized spacial score (nSPS) is 31.1. The van der Waals surface area contributed by atoms with Crippen LogP contribution in [0.4, 0.5) is 5.69 Å². The highest BCUT2D eigenvalue weighted by atomic mass is 35.5. The molecule has 1 saturated carbocycles. The van der Waals surface area contributed by atoms with Crippen LogP contribution in [0.2, 0.25) is 5.02 Å². The molecule has 7 rings (SSSR count). The molecule has 2 aromatic rings. The van der Waals surface area contributed by atoms with E-state index < -0.39 is 27.4 Å². The van der Waals surface area contributed by atoms with Gasteiger partial charge in [0.05, 0.1) is 17.0 Å². The van der Waals surface area contributed by atoms with Crippen molar-refractivity contribution in [3.63, 3.8) is 0 Å². The number of aryl methyl sites for hydroxylation is 1. The number of nitrogens with one attached hydrogen (secondary N) is 1. The number of benzene rings is 2. The largest absolute Gasteiger partial charge is 0.487 e. The number of anilines is 1. The summed E-state index contributed by atoms with van der Waals surface area (Å²) < 4.78 is 36.3. The topological polar surface area (TPSA) is 104 Å². The minimum Gasteiger partial charge on any atom is -0.487 e. The van der Waals surface area contributed by atoms with Gasteiger partial charge in [-0.2, -0.15) is 0 Å².